The number of aliphatic imine (C=N–C) groups is 1. The first-order valence-electron chi connectivity index (χ1n) is 8.85. The highest BCUT2D eigenvalue weighted by atomic mass is 16.1. The molecule has 8 heteroatoms. The molecule has 3 heterocycles. The number of nitrogens with two attached hydrogens (primary N) is 1. The van der Waals surface area contributed by atoms with Gasteiger partial charge in [0, 0.05) is 45.6 Å². The van der Waals surface area contributed by atoms with Gasteiger partial charge in [-0.15, -0.1) is 0 Å². The number of pyridine rings is 1. The van der Waals surface area contributed by atoms with Gasteiger partial charge in [-0.1, -0.05) is 6.07 Å². The number of imidazole rings is 1. The normalized spacial score (nSPS) is 16.9. The highest BCUT2D eigenvalue weighted by Gasteiger charge is 2.35. The van der Waals surface area contributed by atoms with Crippen LogP contribution in [0.4, 0.5) is 0 Å². The van der Waals surface area contributed by atoms with Gasteiger partial charge in [0.05, 0.1) is 17.8 Å². The SMILES string of the molecule is CN=C(NCc1cn2ccccc2n1)N1CCN(C(C)(C)C(N)=O)CC1. The maximum Gasteiger partial charge on any atom is 0.237 e. The van der Waals surface area contributed by atoms with Crippen molar-refractivity contribution in [1.29, 1.82) is 0 Å². The number of nitrogens with one attached hydrogen (secondary N) is 1. The Morgan fingerprint density at radius 3 is 2.65 bits per heavy atom. The molecule has 0 radical (unpaired) electrons. The summed E-state index contributed by atoms with van der Waals surface area (Å²) in [6.45, 7) is 7.49. The summed E-state index contributed by atoms with van der Waals surface area (Å²) in [5.41, 5.74) is 6.80. The lowest BCUT2D eigenvalue weighted by Gasteiger charge is -2.43. The summed E-state index contributed by atoms with van der Waals surface area (Å²) in [6, 6.07) is 5.95. The number of guanidine groups is 1. The Kier molecular flexibility index (Phi) is 5.13. The zero-order valence-corrected chi connectivity index (χ0v) is 15.6. The molecule has 8 nitrogen and oxygen atoms in total. The molecule has 3 N–H and O–H groups in total. The van der Waals surface area contributed by atoms with Crippen LogP contribution in [-0.4, -0.2) is 69.8 Å². The van der Waals surface area contributed by atoms with E-state index in [2.05, 4.69) is 25.1 Å². The van der Waals surface area contributed by atoms with E-state index >= 15 is 0 Å². The number of fused-ring (bicyclic) bond motifs is 1. The predicted octanol–water partition coefficient (Wildman–Crippen LogP) is 0.291. The number of nitrogens with zero attached hydrogens (tertiary/aromatic N) is 5. The quantitative estimate of drug-likeness (QED) is 0.606. The second kappa shape index (κ2) is 7.33. The summed E-state index contributed by atoms with van der Waals surface area (Å²) in [7, 11) is 1.78. The Labute approximate surface area is 153 Å². The number of piperazine rings is 1. The molecule has 1 fully saturated rings. The highest BCUT2D eigenvalue weighted by molar-refractivity contribution is 5.84. The molecule has 26 heavy (non-hydrogen) atoms. The lowest BCUT2D eigenvalue weighted by atomic mass is 10.0. The Morgan fingerprint density at radius 1 is 1.31 bits per heavy atom. The molecular formula is C18H27N7O. The zero-order chi connectivity index (χ0) is 18.7. The van der Waals surface area contributed by atoms with Gasteiger partial charge >= 0.3 is 0 Å². The maximum absolute atomic E-state index is 11.6. The number of aromatic nitrogens is 2. The van der Waals surface area contributed by atoms with E-state index in [9.17, 15) is 4.79 Å². The minimum atomic E-state index is -0.625. The molecule has 2 aromatic rings. The van der Waals surface area contributed by atoms with E-state index in [4.69, 9.17) is 5.73 Å². The molecule has 140 valence electrons. The molecule has 0 bridgehead atoms. The predicted molar refractivity (Wildman–Crippen MR) is 102 cm³/mol. The fourth-order valence-corrected chi connectivity index (χ4v) is 3.21. The second-order valence-electron chi connectivity index (χ2n) is 7.00. The third kappa shape index (κ3) is 3.65. The van der Waals surface area contributed by atoms with Crippen LogP contribution in [0.5, 0.6) is 0 Å². The third-order valence-electron chi connectivity index (χ3n) is 5.03. The number of carbonyl (C=O) groups is 1. The smallest absolute Gasteiger partial charge is 0.237 e. The van der Waals surface area contributed by atoms with Crippen LogP contribution in [0.3, 0.4) is 0 Å². The van der Waals surface area contributed by atoms with Crippen molar-refractivity contribution < 1.29 is 4.79 Å². The first-order chi connectivity index (χ1) is 12.4. The Balaban J connectivity index is 1.57. The average Bonchev–Trinajstić information content (AvgIpc) is 3.05. The van der Waals surface area contributed by atoms with Gasteiger partial charge in [-0.2, -0.15) is 0 Å². The Bertz CT molecular complexity index is 770. The molecule has 0 saturated carbocycles. The lowest BCUT2D eigenvalue weighted by molar-refractivity contribution is -0.129. The van der Waals surface area contributed by atoms with Crippen LogP contribution in [-0.2, 0) is 11.3 Å². The standard InChI is InChI=1S/C18H27N7O/c1-18(2,16(19)26)25-10-8-23(9-11-25)17(20-3)21-12-14-13-24-7-5-4-6-15(24)22-14/h4-7,13H,8-12H2,1-3H3,(H2,19,26)(H,20,21). The van der Waals surface area contributed by atoms with Crippen molar-refractivity contribution in [3.8, 4) is 0 Å². The van der Waals surface area contributed by atoms with Gasteiger partial charge in [-0.25, -0.2) is 4.98 Å². The molecule has 3 rings (SSSR count). The van der Waals surface area contributed by atoms with Crippen molar-refractivity contribution in [1.82, 2.24) is 24.5 Å². The summed E-state index contributed by atoms with van der Waals surface area (Å²) in [6.07, 6.45) is 4.00. The van der Waals surface area contributed by atoms with Crippen molar-refractivity contribution in [2.75, 3.05) is 33.2 Å². The molecule has 0 spiro atoms. The fourth-order valence-electron chi connectivity index (χ4n) is 3.21. The van der Waals surface area contributed by atoms with Crippen LogP contribution in [0.2, 0.25) is 0 Å². The van der Waals surface area contributed by atoms with Crippen molar-refractivity contribution in [3.05, 3.63) is 36.3 Å². The number of rotatable bonds is 4. The third-order valence-corrected chi connectivity index (χ3v) is 5.03. The molecule has 0 aliphatic carbocycles. The van der Waals surface area contributed by atoms with Crippen LogP contribution in [0.15, 0.2) is 35.6 Å². The van der Waals surface area contributed by atoms with E-state index in [0.717, 1.165) is 43.5 Å². The average molecular weight is 357 g/mol. The van der Waals surface area contributed by atoms with Gasteiger partial charge in [0.15, 0.2) is 5.96 Å². The lowest BCUT2D eigenvalue weighted by Crippen LogP contribution is -2.61. The molecular weight excluding hydrogens is 330 g/mol. The summed E-state index contributed by atoms with van der Waals surface area (Å²) in [5.74, 6) is 0.555. The number of hydrogen-bond donors (Lipinski definition) is 2. The number of primary amides is 1. The molecule has 1 aliphatic rings. The minimum absolute atomic E-state index is 0.291. The zero-order valence-electron chi connectivity index (χ0n) is 15.6. The van der Waals surface area contributed by atoms with Crippen LogP contribution >= 0.6 is 0 Å². The van der Waals surface area contributed by atoms with E-state index < -0.39 is 5.54 Å². The summed E-state index contributed by atoms with van der Waals surface area (Å²) < 4.78 is 2.00. The monoisotopic (exact) mass is 357 g/mol. The number of carbonyl (C=O) groups excluding carboxylic acids is 1. The van der Waals surface area contributed by atoms with Crippen molar-refractivity contribution in [3.63, 3.8) is 0 Å². The molecule has 1 saturated heterocycles. The van der Waals surface area contributed by atoms with Gasteiger partial charge in [0.2, 0.25) is 5.91 Å². The van der Waals surface area contributed by atoms with E-state index in [0.29, 0.717) is 6.54 Å². The minimum Gasteiger partial charge on any atom is -0.368 e. The van der Waals surface area contributed by atoms with Gasteiger partial charge in [0.25, 0.3) is 0 Å². The van der Waals surface area contributed by atoms with Gasteiger partial charge < -0.3 is 20.4 Å². The van der Waals surface area contributed by atoms with Gasteiger partial charge in [0.1, 0.15) is 5.65 Å². The van der Waals surface area contributed by atoms with E-state index in [-0.39, 0.29) is 5.91 Å². The van der Waals surface area contributed by atoms with Crippen LogP contribution in [0, 0.1) is 0 Å². The largest absolute Gasteiger partial charge is 0.368 e. The van der Waals surface area contributed by atoms with Crippen LogP contribution in [0.25, 0.3) is 5.65 Å². The first kappa shape index (κ1) is 18.2. The number of hydrogen-bond acceptors (Lipinski definition) is 4. The number of amides is 1. The molecule has 1 aliphatic heterocycles. The fraction of sp³-hybridized carbons (Fsp3) is 0.500. The molecule has 2 aromatic heterocycles. The Morgan fingerprint density at radius 2 is 2.04 bits per heavy atom. The first-order valence-corrected chi connectivity index (χ1v) is 8.85. The maximum atomic E-state index is 11.6. The molecule has 1 amide bonds. The van der Waals surface area contributed by atoms with E-state index in [1.165, 1.54) is 0 Å². The summed E-state index contributed by atoms with van der Waals surface area (Å²) in [5, 5.41) is 3.38. The molecule has 0 aromatic carbocycles. The van der Waals surface area contributed by atoms with Crippen molar-refractivity contribution in [2.24, 2.45) is 10.7 Å². The second-order valence-corrected chi connectivity index (χ2v) is 7.00. The van der Waals surface area contributed by atoms with E-state index in [1.54, 1.807) is 7.05 Å². The van der Waals surface area contributed by atoms with Crippen LogP contribution < -0.4 is 11.1 Å². The highest BCUT2D eigenvalue weighted by Crippen LogP contribution is 2.16. The summed E-state index contributed by atoms with van der Waals surface area (Å²) in [4.78, 5) is 25.0. The summed E-state index contributed by atoms with van der Waals surface area (Å²) >= 11 is 0. The van der Waals surface area contributed by atoms with Gasteiger partial charge in [-0.05, 0) is 26.0 Å². The van der Waals surface area contributed by atoms with Crippen molar-refractivity contribution >= 4 is 17.5 Å². The van der Waals surface area contributed by atoms with E-state index in [1.807, 2.05) is 48.8 Å². The molecule has 0 atom stereocenters. The van der Waals surface area contributed by atoms with Crippen molar-refractivity contribution in [2.45, 2.75) is 25.9 Å². The van der Waals surface area contributed by atoms with Crippen LogP contribution in [0.1, 0.15) is 19.5 Å². The van der Waals surface area contributed by atoms with Gasteiger partial charge in [-0.3, -0.25) is 14.7 Å². The molecule has 0 unspecified atom stereocenters. The Hall–Kier alpha value is -2.61. The topological polar surface area (TPSA) is 91.3 Å².